The molecule has 0 unspecified atom stereocenters. The van der Waals surface area contributed by atoms with Gasteiger partial charge >= 0.3 is 11.7 Å². The molecule has 1 amide bonds. The van der Waals surface area contributed by atoms with E-state index in [0.29, 0.717) is 10.6 Å². The van der Waals surface area contributed by atoms with Crippen LogP contribution >= 0.6 is 11.3 Å². The topological polar surface area (TPSA) is 116 Å². The molecule has 3 rings (SSSR count). The van der Waals surface area contributed by atoms with E-state index in [9.17, 15) is 19.7 Å². The summed E-state index contributed by atoms with van der Waals surface area (Å²) in [7, 11) is 0. The van der Waals surface area contributed by atoms with E-state index in [1.54, 1.807) is 6.92 Å². The highest BCUT2D eigenvalue weighted by atomic mass is 32.1. The van der Waals surface area contributed by atoms with Crippen molar-refractivity contribution in [3.8, 4) is 0 Å². The molecule has 0 spiro atoms. The van der Waals surface area contributed by atoms with Crippen LogP contribution in [0.1, 0.15) is 47.0 Å². The van der Waals surface area contributed by atoms with Crippen LogP contribution in [0.25, 0.3) is 0 Å². The number of rotatable bonds is 6. The van der Waals surface area contributed by atoms with Crippen molar-refractivity contribution >= 4 is 33.9 Å². The molecular formula is C17H20N4O5S. The molecule has 0 saturated carbocycles. The molecule has 1 N–H and O–H groups in total. The molecule has 0 aromatic carbocycles. The number of aryl methyl sites for hydroxylation is 1. The number of thiophene rings is 1. The van der Waals surface area contributed by atoms with Gasteiger partial charge in [0, 0.05) is 4.88 Å². The largest absolute Gasteiger partial charge is 0.462 e. The quantitative estimate of drug-likeness (QED) is 0.350. The third-order valence-corrected chi connectivity index (χ3v) is 5.50. The number of hydrogen-bond acceptors (Lipinski definition) is 7. The number of esters is 1. The molecule has 1 aliphatic rings. The van der Waals surface area contributed by atoms with Crippen molar-refractivity contribution in [1.82, 2.24) is 9.78 Å². The van der Waals surface area contributed by atoms with Gasteiger partial charge in [-0.1, -0.05) is 6.42 Å². The Labute approximate surface area is 159 Å². The minimum atomic E-state index is -0.573. The van der Waals surface area contributed by atoms with Crippen LogP contribution in [0.5, 0.6) is 0 Å². The zero-order valence-corrected chi connectivity index (χ0v) is 15.7. The molecule has 2 aromatic rings. The smallest absolute Gasteiger partial charge is 0.341 e. The molecule has 0 atom stereocenters. The van der Waals surface area contributed by atoms with Gasteiger partial charge in [-0.05, 0) is 38.2 Å². The van der Waals surface area contributed by atoms with Crippen LogP contribution in [-0.4, -0.2) is 33.2 Å². The molecule has 2 heterocycles. The highest BCUT2D eigenvalue weighted by molar-refractivity contribution is 7.17. The van der Waals surface area contributed by atoms with Gasteiger partial charge in [0.2, 0.25) is 5.91 Å². The summed E-state index contributed by atoms with van der Waals surface area (Å²) in [6, 6.07) is 0. The fraction of sp³-hybridized carbons (Fsp3) is 0.471. The molecule has 144 valence electrons. The van der Waals surface area contributed by atoms with Crippen molar-refractivity contribution in [2.24, 2.45) is 0 Å². The van der Waals surface area contributed by atoms with E-state index in [4.69, 9.17) is 4.74 Å². The first-order valence-corrected chi connectivity index (χ1v) is 9.59. The lowest BCUT2D eigenvalue weighted by molar-refractivity contribution is -0.385. The first kappa shape index (κ1) is 19.0. The minimum Gasteiger partial charge on any atom is -0.462 e. The average molecular weight is 392 g/mol. The summed E-state index contributed by atoms with van der Waals surface area (Å²) in [5.74, 6) is -0.836. The zero-order valence-electron chi connectivity index (χ0n) is 14.9. The van der Waals surface area contributed by atoms with Crippen LogP contribution in [0, 0.1) is 10.1 Å². The van der Waals surface area contributed by atoms with E-state index in [2.05, 4.69) is 10.4 Å². The van der Waals surface area contributed by atoms with E-state index in [-0.39, 0.29) is 18.8 Å². The molecule has 0 bridgehead atoms. The van der Waals surface area contributed by atoms with Crippen molar-refractivity contribution in [3.05, 3.63) is 38.5 Å². The number of carbonyl (C=O) groups excluding carboxylic acids is 2. The van der Waals surface area contributed by atoms with Gasteiger partial charge in [-0.25, -0.2) is 4.79 Å². The highest BCUT2D eigenvalue weighted by Crippen LogP contribution is 2.38. The van der Waals surface area contributed by atoms with Crippen LogP contribution in [-0.2, 0) is 28.9 Å². The molecule has 0 aliphatic heterocycles. The second-order valence-electron chi connectivity index (χ2n) is 6.19. The molecule has 9 nitrogen and oxygen atoms in total. The Bertz CT molecular complexity index is 873. The summed E-state index contributed by atoms with van der Waals surface area (Å²) in [5, 5.41) is 17.8. The summed E-state index contributed by atoms with van der Waals surface area (Å²) in [4.78, 5) is 36.1. The fourth-order valence-electron chi connectivity index (χ4n) is 3.10. The van der Waals surface area contributed by atoms with Crippen molar-refractivity contribution in [2.75, 3.05) is 11.9 Å². The third kappa shape index (κ3) is 4.33. The van der Waals surface area contributed by atoms with Gasteiger partial charge in [-0.15, -0.1) is 11.3 Å². The van der Waals surface area contributed by atoms with E-state index < -0.39 is 16.8 Å². The van der Waals surface area contributed by atoms with Gasteiger partial charge in [0.05, 0.1) is 17.1 Å². The Hall–Kier alpha value is -2.75. The summed E-state index contributed by atoms with van der Waals surface area (Å²) in [6.07, 6.45) is 7.12. The maximum Gasteiger partial charge on any atom is 0.341 e. The summed E-state index contributed by atoms with van der Waals surface area (Å²) >= 11 is 1.41. The third-order valence-electron chi connectivity index (χ3n) is 4.29. The van der Waals surface area contributed by atoms with Crippen LogP contribution in [0.3, 0.4) is 0 Å². The van der Waals surface area contributed by atoms with Gasteiger partial charge < -0.3 is 10.1 Å². The van der Waals surface area contributed by atoms with E-state index in [1.165, 1.54) is 22.2 Å². The first-order chi connectivity index (χ1) is 13.0. The van der Waals surface area contributed by atoms with E-state index in [0.717, 1.165) is 48.7 Å². The molecule has 1 aliphatic carbocycles. The standard InChI is InChI=1S/C17H20N4O5S/c1-2-26-17(23)15-12-6-4-3-5-7-13(12)27-16(15)19-14(22)10-20-9-11(8-18-20)21(24)25/h8-9H,2-7,10H2,1H3,(H,19,22). The summed E-state index contributed by atoms with van der Waals surface area (Å²) in [6.45, 7) is 1.82. The molecular weight excluding hydrogens is 372 g/mol. The number of ether oxygens (including phenoxy) is 1. The number of aromatic nitrogens is 2. The molecule has 2 aromatic heterocycles. The summed E-state index contributed by atoms with van der Waals surface area (Å²) in [5.41, 5.74) is 1.23. The number of anilines is 1. The Kier molecular flexibility index (Phi) is 5.84. The summed E-state index contributed by atoms with van der Waals surface area (Å²) < 4.78 is 6.38. The number of fused-ring (bicyclic) bond motifs is 1. The number of nitrogens with one attached hydrogen (secondary N) is 1. The second-order valence-corrected chi connectivity index (χ2v) is 7.30. The maximum atomic E-state index is 12.5. The average Bonchev–Trinajstić information content (AvgIpc) is 3.13. The lowest BCUT2D eigenvalue weighted by atomic mass is 10.1. The van der Waals surface area contributed by atoms with Crippen molar-refractivity contribution < 1.29 is 19.2 Å². The number of nitro groups is 1. The predicted octanol–water partition coefficient (Wildman–Crippen LogP) is 2.94. The zero-order chi connectivity index (χ0) is 19.4. The predicted molar refractivity (Wildman–Crippen MR) is 99.0 cm³/mol. The fourth-order valence-corrected chi connectivity index (χ4v) is 4.39. The molecule has 0 fully saturated rings. The van der Waals surface area contributed by atoms with Crippen LogP contribution in [0.15, 0.2) is 12.4 Å². The van der Waals surface area contributed by atoms with Crippen LogP contribution in [0.4, 0.5) is 10.7 Å². The molecule has 0 saturated heterocycles. The number of carbonyl (C=O) groups is 2. The highest BCUT2D eigenvalue weighted by Gasteiger charge is 2.26. The Morgan fingerprint density at radius 1 is 1.37 bits per heavy atom. The van der Waals surface area contributed by atoms with Gasteiger partial charge in [0.15, 0.2) is 0 Å². The van der Waals surface area contributed by atoms with Crippen LogP contribution in [0.2, 0.25) is 0 Å². The number of hydrogen-bond donors (Lipinski definition) is 1. The number of amides is 1. The maximum absolute atomic E-state index is 12.5. The van der Waals surface area contributed by atoms with Crippen LogP contribution < -0.4 is 5.32 Å². The van der Waals surface area contributed by atoms with Crippen molar-refractivity contribution in [3.63, 3.8) is 0 Å². The molecule has 0 radical (unpaired) electrons. The van der Waals surface area contributed by atoms with E-state index >= 15 is 0 Å². The lowest BCUT2D eigenvalue weighted by Gasteiger charge is -2.08. The van der Waals surface area contributed by atoms with E-state index in [1.807, 2.05) is 0 Å². The Morgan fingerprint density at radius 2 is 2.15 bits per heavy atom. The van der Waals surface area contributed by atoms with Gasteiger partial charge in [0.25, 0.3) is 0 Å². The van der Waals surface area contributed by atoms with Gasteiger partial charge in [-0.2, -0.15) is 5.10 Å². The second kappa shape index (κ2) is 8.30. The lowest BCUT2D eigenvalue weighted by Crippen LogP contribution is -2.20. The van der Waals surface area contributed by atoms with Crippen molar-refractivity contribution in [1.29, 1.82) is 0 Å². The monoisotopic (exact) mass is 392 g/mol. The van der Waals surface area contributed by atoms with Gasteiger partial charge in [-0.3, -0.25) is 19.6 Å². The Morgan fingerprint density at radius 3 is 2.85 bits per heavy atom. The van der Waals surface area contributed by atoms with Crippen molar-refractivity contribution in [2.45, 2.75) is 45.6 Å². The first-order valence-electron chi connectivity index (χ1n) is 8.78. The normalized spacial score (nSPS) is 13.5. The minimum absolute atomic E-state index is 0.182. The molecule has 10 heteroatoms. The molecule has 27 heavy (non-hydrogen) atoms. The van der Waals surface area contributed by atoms with Gasteiger partial charge in [0.1, 0.15) is 23.9 Å². The number of nitrogens with zero attached hydrogens (tertiary/aromatic N) is 3. The Balaban J connectivity index is 1.81. The SMILES string of the molecule is CCOC(=O)c1c(NC(=O)Cn2cc([N+](=O)[O-])cn2)sc2c1CCCCC2.